The van der Waals surface area contributed by atoms with Crippen LogP contribution in [0.25, 0.3) is 0 Å². The molecule has 1 atom stereocenters. The van der Waals surface area contributed by atoms with Gasteiger partial charge in [0.05, 0.1) is 12.2 Å². The summed E-state index contributed by atoms with van der Waals surface area (Å²) in [7, 11) is 0. The number of rotatable bonds is 4. The zero-order chi connectivity index (χ0) is 19.4. The molecule has 0 radical (unpaired) electrons. The van der Waals surface area contributed by atoms with Crippen LogP contribution in [-0.2, 0) is 6.18 Å². The molecule has 1 fully saturated rings. The second-order valence-electron chi connectivity index (χ2n) is 5.93. The summed E-state index contributed by atoms with van der Waals surface area (Å²) >= 11 is 1.45. The quantitative estimate of drug-likeness (QED) is 0.754. The van der Waals surface area contributed by atoms with Crippen LogP contribution in [0.3, 0.4) is 0 Å². The average Bonchev–Trinajstić information content (AvgIpc) is 3.13. The number of thioether (sulfide) groups is 1. The Morgan fingerprint density at radius 2 is 2.00 bits per heavy atom. The molecule has 0 spiro atoms. The number of benzene rings is 2. The van der Waals surface area contributed by atoms with Crippen LogP contribution in [-0.4, -0.2) is 29.8 Å². The summed E-state index contributed by atoms with van der Waals surface area (Å²) in [5, 5.41) is 2.34. The molecule has 1 aliphatic heterocycles. The summed E-state index contributed by atoms with van der Waals surface area (Å²) in [5.74, 6) is 1.37. The van der Waals surface area contributed by atoms with Gasteiger partial charge in [0.1, 0.15) is 11.1 Å². The molecule has 0 aliphatic carbocycles. The standard InChI is InChI=1S/C19H19F3N2O2S/c1-2-26-16-8-6-15(7-9-16)23-18(25)24-10-11-27-17(24)13-4-3-5-14(12-13)19(20,21)22/h3-9,12,17H,2,10-11H2,1H3,(H,23,25). The van der Waals surface area contributed by atoms with E-state index >= 15 is 0 Å². The average molecular weight is 396 g/mol. The Morgan fingerprint density at radius 3 is 2.67 bits per heavy atom. The van der Waals surface area contributed by atoms with Gasteiger partial charge in [0.25, 0.3) is 0 Å². The lowest BCUT2D eigenvalue weighted by Gasteiger charge is -2.25. The first kappa shape index (κ1) is 19.4. The molecule has 3 rings (SSSR count). The van der Waals surface area contributed by atoms with E-state index in [1.54, 1.807) is 35.2 Å². The third-order valence-electron chi connectivity index (χ3n) is 4.07. The Balaban J connectivity index is 1.73. The van der Waals surface area contributed by atoms with E-state index in [2.05, 4.69) is 5.32 Å². The number of anilines is 1. The highest BCUT2D eigenvalue weighted by Crippen LogP contribution is 2.40. The Bertz CT molecular complexity index is 796. The Kier molecular flexibility index (Phi) is 5.84. The van der Waals surface area contributed by atoms with Crippen LogP contribution in [0.1, 0.15) is 23.4 Å². The molecular weight excluding hydrogens is 377 g/mol. The van der Waals surface area contributed by atoms with Gasteiger partial charge in [-0.1, -0.05) is 12.1 Å². The molecule has 27 heavy (non-hydrogen) atoms. The SMILES string of the molecule is CCOc1ccc(NC(=O)N2CCSC2c2cccc(C(F)(F)F)c2)cc1. The first-order valence-electron chi connectivity index (χ1n) is 8.47. The molecule has 1 heterocycles. The highest BCUT2D eigenvalue weighted by Gasteiger charge is 2.34. The van der Waals surface area contributed by atoms with Gasteiger partial charge in [-0.25, -0.2) is 4.79 Å². The zero-order valence-electron chi connectivity index (χ0n) is 14.6. The number of urea groups is 1. The summed E-state index contributed by atoms with van der Waals surface area (Å²) in [6.45, 7) is 2.90. The smallest absolute Gasteiger partial charge is 0.416 e. The van der Waals surface area contributed by atoms with E-state index < -0.39 is 17.1 Å². The molecule has 8 heteroatoms. The van der Waals surface area contributed by atoms with Gasteiger partial charge in [-0.15, -0.1) is 11.8 Å². The summed E-state index contributed by atoms with van der Waals surface area (Å²) < 4.78 is 44.3. The molecule has 2 aromatic carbocycles. The normalized spacial score (nSPS) is 17.0. The van der Waals surface area contributed by atoms with Crippen LogP contribution in [0.2, 0.25) is 0 Å². The predicted molar refractivity (Wildman–Crippen MR) is 100.0 cm³/mol. The number of nitrogens with zero attached hydrogens (tertiary/aromatic N) is 1. The molecule has 1 N–H and O–H groups in total. The van der Waals surface area contributed by atoms with Crippen LogP contribution in [0.15, 0.2) is 48.5 Å². The number of carbonyl (C=O) groups is 1. The van der Waals surface area contributed by atoms with Crippen LogP contribution >= 0.6 is 11.8 Å². The molecular formula is C19H19F3N2O2S. The summed E-state index contributed by atoms with van der Waals surface area (Å²) in [4.78, 5) is 14.2. The monoisotopic (exact) mass is 396 g/mol. The van der Waals surface area contributed by atoms with Gasteiger partial charge >= 0.3 is 12.2 Å². The maximum absolute atomic E-state index is 13.0. The Hall–Kier alpha value is -2.35. The number of amides is 2. The molecule has 1 aliphatic rings. The number of carbonyl (C=O) groups excluding carboxylic acids is 1. The van der Waals surface area contributed by atoms with Gasteiger partial charge in [-0.05, 0) is 48.9 Å². The third-order valence-corrected chi connectivity index (χ3v) is 5.33. The fourth-order valence-corrected chi connectivity index (χ4v) is 4.06. The lowest BCUT2D eigenvalue weighted by molar-refractivity contribution is -0.137. The number of nitrogens with one attached hydrogen (secondary N) is 1. The highest BCUT2D eigenvalue weighted by atomic mass is 32.2. The van der Waals surface area contributed by atoms with Crippen molar-refractivity contribution in [1.29, 1.82) is 0 Å². The molecule has 144 valence electrons. The minimum absolute atomic E-state index is 0.341. The van der Waals surface area contributed by atoms with Crippen molar-refractivity contribution in [2.75, 3.05) is 24.2 Å². The number of hydrogen-bond donors (Lipinski definition) is 1. The maximum atomic E-state index is 13.0. The van der Waals surface area contributed by atoms with Crippen molar-refractivity contribution in [3.05, 3.63) is 59.7 Å². The van der Waals surface area contributed by atoms with Crippen LogP contribution in [0.5, 0.6) is 5.75 Å². The van der Waals surface area contributed by atoms with Crippen LogP contribution < -0.4 is 10.1 Å². The van der Waals surface area contributed by atoms with Crippen molar-refractivity contribution in [3.63, 3.8) is 0 Å². The fourth-order valence-electron chi connectivity index (χ4n) is 2.82. The van der Waals surface area contributed by atoms with Crippen molar-refractivity contribution in [3.8, 4) is 5.75 Å². The number of ether oxygens (including phenoxy) is 1. The topological polar surface area (TPSA) is 41.6 Å². The van der Waals surface area contributed by atoms with E-state index in [-0.39, 0.29) is 6.03 Å². The largest absolute Gasteiger partial charge is 0.494 e. The maximum Gasteiger partial charge on any atom is 0.416 e. The zero-order valence-corrected chi connectivity index (χ0v) is 15.4. The van der Waals surface area contributed by atoms with Crippen molar-refractivity contribution < 1.29 is 22.7 Å². The second-order valence-corrected chi connectivity index (χ2v) is 7.12. The summed E-state index contributed by atoms with van der Waals surface area (Å²) in [5.41, 5.74) is 0.358. The van der Waals surface area contributed by atoms with Crippen molar-refractivity contribution in [2.45, 2.75) is 18.5 Å². The van der Waals surface area contributed by atoms with E-state index in [1.807, 2.05) is 6.92 Å². The van der Waals surface area contributed by atoms with E-state index in [4.69, 9.17) is 4.74 Å². The minimum atomic E-state index is -4.41. The van der Waals surface area contributed by atoms with Gasteiger partial charge in [0.15, 0.2) is 0 Å². The third kappa shape index (κ3) is 4.68. The first-order valence-corrected chi connectivity index (χ1v) is 9.52. The molecule has 0 bridgehead atoms. The number of halogens is 3. The molecule has 2 aromatic rings. The molecule has 0 saturated carbocycles. The molecule has 4 nitrogen and oxygen atoms in total. The lowest BCUT2D eigenvalue weighted by Crippen LogP contribution is -2.34. The minimum Gasteiger partial charge on any atom is -0.494 e. The van der Waals surface area contributed by atoms with Gasteiger partial charge in [0.2, 0.25) is 0 Å². The predicted octanol–water partition coefficient (Wildman–Crippen LogP) is 5.38. The second kappa shape index (κ2) is 8.12. The Morgan fingerprint density at radius 1 is 1.26 bits per heavy atom. The van der Waals surface area contributed by atoms with Crippen LogP contribution in [0.4, 0.5) is 23.7 Å². The van der Waals surface area contributed by atoms with E-state index in [1.165, 1.54) is 17.8 Å². The molecule has 2 amide bonds. The van der Waals surface area contributed by atoms with E-state index in [0.717, 1.165) is 12.1 Å². The lowest BCUT2D eigenvalue weighted by atomic mass is 10.1. The van der Waals surface area contributed by atoms with Crippen molar-refractivity contribution in [2.24, 2.45) is 0 Å². The van der Waals surface area contributed by atoms with Gasteiger partial charge in [0, 0.05) is 18.0 Å². The highest BCUT2D eigenvalue weighted by molar-refractivity contribution is 7.99. The fraction of sp³-hybridized carbons (Fsp3) is 0.316. The van der Waals surface area contributed by atoms with E-state index in [9.17, 15) is 18.0 Å². The number of hydrogen-bond acceptors (Lipinski definition) is 3. The number of alkyl halides is 3. The van der Waals surface area contributed by atoms with Crippen LogP contribution in [0, 0.1) is 0 Å². The van der Waals surface area contributed by atoms with E-state index in [0.29, 0.717) is 35.9 Å². The molecule has 1 saturated heterocycles. The van der Waals surface area contributed by atoms with Gasteiger partial charge in [-0.3, -0.25) is 0 Å². The van der Waals surface area contributed by atoms with Gasteiger partial charge < -0.3 is 15.0 Å². The summed E-state index contributed by atoms with van der Waals surface area (Å²) in [6, 6.07) is 11.8. The van der Waals surface area contributed by atoms with Crippen molar-refractivity contribution in [1.82, 2.24) is 4.90 Å². The summed E-state index contributed by atoms with van der Waals surface area (Å²) in [6.07, 6.45) is -4.41. The Labute approximate surface area is 159 Å². The first-order chi connectivity index (χ1) is 12.9. The molecule has 1 unspecified atom stereocenters. The molecule has 0 aromatic heterocycles. The van der Waals surface area contributed by atoms with Gasteiger partial charge in [-0.2, -0.15) is 13.2 Å². The van der Waals surface area contributed by atoms with Crippen molar-refractivity contribution >= 4 is 23.5 Å².